The van der Waals surface area contributed by atoms with E-state index in [0.29, 0.717) is 6.61 Å². The Morgan fingerprint density at radius 3 is 2.52 bits per heavy atom. The van der Waals surface area contributed by atoms with Crippen LogP contribution in [0.25, 0.3) is 0 Å². The van der Waals surface area contributed by atoms with Crippen LogP contribution in [0.4, 0.5) is 0 Å². The fraction of sp³-hybridized carbons (Fsp3) is 0.500. The highest BCUT2D eigenvalue weighted by molar-refractivity contribution is 5.43. The predicted molar refractivity (Wildman–Crippen MR) is 83.2 cm³/mol. The Morgan fingerprint density at radius 1 is 1.24 bits per heavy atom. The topological polar surface area (TPSA) is 52.0 Å². The first-order valence-electron chi connectivity index (χ1n) is 7.39. The van der Waals surface area contributed by atoms with Crippen molar-refractivity contribution in [2.45, 2.75) is 40.3 Å². The zero-order chi connectivity index (χ0) is 15.2. The van der Waals surface area contributed by atoms with Crippen molar-refractivity contribution >= 4 is 0 Å². The number of ether oxygens (including phenoxy) is 1. The lowest BCUT2D eigenvalue weighted by molar-refractivity contribution is 0.297. The number of aromatic nitrogens is 3. The zero-order valence-electron chi connectivity index (χ0n) is 13.3. The number of rotatable bonds is 7. The van der Waals surface area contributed by atoms with Gasteiger partial charge in [-0.3, -0.25) is 4.68 Å². The highest BCUT2D eigenvalue weighted by Crippen LogP contribution is 2.25. The van der Waals surface area contributed by atoms with E-state index in [1.54, 1.807) is 4.68 Å². The molecule has 0 saturated heterocycles. The molecule has 2 aromatic rings. The number of aryl methyl sites for hydroxylation is 3. The average molecular weight is 288 g/mol. The maximum Gasteiger partial charge on any atom is 0.134 e. The van der Waals surface area contributed by atoms with Gasteiger partial charge in [0.25, 0.3) is 0 Å². The van der Waals surface area contributed by atoms with Gasteiger partial charge < -0.3 is 10.1 Å². The van der Waals surface area contributed by atoms with Gasteiger partial charge >= 0.3 is 0 Å². The van der Waals surface area contributed by atoms with Crippen molar-refractivity contribution in [2.75, 3.05) is 6.54 Å². The molecule has 0 saturated carbocycles. The van der Waals surface area contributed by atoms with Crippen molar-refractivity contribution in [1.82, 2.24) is 20.3 Å². The van der Waals surface area contributed by atoms with E-state index >= 15 is 0 Å². The van der Waals surface area contributed by atoms with Gasteiger partial charge in [0.15, 0.2) is 0 Å². The largest absolute Gasteiger partial charge is 0.487 e. The monoisotopic (exact) mass is 288 g/mol. The summed E-state index contributed by atoms with van der Waals surface area (Å²) in [7, 11) is 1.85. The third kappa shape index (κ3) is 4.29. The van der Waals surface area contributed by atoms with Gasteiger partial charge in [0.1, 0.15) is 18.1 Å². The van der Waals surface area contributed by atoms with Crippen LogP contribution in [-0.4, -0.2) is 21.5 Å². The molecule has 0 fully saturated rings. The van der Waals surface area contributed by atoms with Gasteiger partial charge in [0, 0.05) is 13.6 Å². The summed E-state index contributed by atoms with van der Waals surface area (Å²) in [4.78, 5) is 0. The fourth-order valence-corrected chi connectivity index (χ4v) is 2.39. The van der Waals surface area contributed by atoms with E-state index in [1.807, 2.05) is 13.2 Å². The van der Waals surface area contributed by atoms with E-state index in [0.717, 1.165) is 42.1 Å². The molecule has 0 bridgehead atoms. The van der Waals surface area contributed by atoms with E-state index in [-0.39, 0.29) is 0 Å². The summed E-state index contributed by atoms with van der Waals surface area (Å²) < 4.78 is 7.59. The minimum absolute atomic E-state index is 0.447. The van der Waals surface area contributed by atoms with Gasteiger partial charge in [-0.05, 0) is 43.5 Å². The molecule has 2 rings (SSSR count). The first-order valence-corrected chi connectivity index (χ1v) is 7.39. The number of benzene rings is 1. The highest BCUT2D eigenvalue weighted by atomic mass is 16.5. The molecule has 1 N–H and O–H groups in total. The van der Waals surface area contributed by atoms with Crippen molar-refractivity contribution in [1.29, 1.82) is 0 Å². The fourth-order valence-electron chi connectivity index (χ4n) is 2.39. The maximum absolute atomic E-state index is 5.91. The Kier molecular flexibility index (Phi) is 5.33. The molecule has 0 spiro atoms. The van der Waals surface area contributed by atoms with Crippen LogP contribution in [0.2, 0.25) is 0 Å². The molecule has 5 heteroatoms. The van der Waals surface area contributed by atoms with Gasteiger partial charge in [-0.1, -0.05) is 24.3 Å². The molecule has 1 aromatic carbocycles. The van der Waals surface area contributed by atoms with E-state index in [1.165, 1.54) is 5.56 Å². The van der Waals surface area contributed by atoms with E-state index in [9.17, 15) is 0 Å². The highest BCUT2D eigenvalue weighted by Gasteiger charge is 2.08. The smallest absolute Gasteiger partial charge is 0.134 e. The minimum Gasteiger partial charge on any atom is -0.487 e. The molecule has 0 radical (unpaired) electrons. The first-order chi connectivity index (χ1) is 10.1. The van der Waals surface area contributed by atoms with Gasteiger partial charge in [0.05, 0.1) is 6.20 Å². The molecule has 114 valence electrons. The van der Waals surface area contributed by atoms with Gasteiger partial charge in [-0.15, -0.1) is 5.10 Å². The molecule has 0 atom stereocenters. The number of nitrogens with zero attached hydrogens (tertiary/aromatic N) is 3. The van der Waals surface area contributed by atoms with Crippen LogP contribution >= 0.6 is 0 Å². The predicted octanol–water partition coefficient (Wildman–Crippen LogP) is 2.51. The molecule has 0 aliphatic rings. The Bertz CT molecular complexity index is 569. The Labute approximate surface area is 126 Å². The van der Waals surface area contributed by atoms with E-state index in [2.05, 4.69) is 48.5 Å². The lowest BCUT2D eigenvalue weighted by Crippen LogP contribution is -2.14. The second-order valence-corrected chi connectivity index (χ2v) is 5.41. The lowest BCUT2D eigenvalue weighted by Gasteiger charge is -2.13. The van der Waals surface area contributed by atoms with E-state index in [4.69, 9.17) is 4.74 Å². The van der Waals surface area contributed by atoms with Crippen LogP contribution in [0.5, 0.6) is 5.75 Å². The second-order valence-electron chi connectivity index (χ2n) is 5.41. The zero-order valence-corrected chi connectivity index (χ0v) is 13.3. The summed E-state index contributed by atoms with van der Waals surface area (Å²) >= 11 is 0. The summed E-state index contributed by atoms with van der Waals surface area (Å²) in [5.41, 5.74) is 4.45. The summed E-state index contributed by atoms with van der Waals surface area (Å²) in [6.07, 6.45) is 3.02. The molecule has 1 aromatic heterocycles. The van der Waals surface area contributed by atoms with Gasteiger partial charge in [-0.2, -0.15) is 0 Å². The van der Waals surface area contributed by atoms with Crippen LogP contribution < -0.4 is 10.1 Å². The Hall–Kier alpha value is -1.88. The minimum atomic E-state index is 0.447. The normalized spacial score (nSPS) is 10.9. The van der Waals surface area contributed by atoms with Crippen LogP contribution in [0.15, 0.2) is 18.3 Å². The molecule has 0 unspecified atom stereocenters. The van der Waals surface area contributed by atoms with Crippen molar-refractivity contribution < 1.29 is 4.74 Å². The van der Waals surface area contributed by atoms with Crippen LogP contribution in [0.1, 0.15) is 35.7 Å². The SMILES string of the molecule is CCCNCc1cc(C)c(OCc2cn(C)nn2)c(C)c1. The molecule has 5 nitrogen and oxygen atoms in total. The molecular weight excluding hydrogens is 264 g/mol. The lowest BCUT2D eigenvalue weighted by atomic mass is 10.1. The summed E-state index contributed by atoms with van der Waals surface area (Å²) in [6.45, 7) is 8.74. The van der Waals surface area contributed by atoms with Crippen LogP contribution in [0.3, 0.4) is 0 Å². The number of hydrogen-bond donors (Lipinski definition) is 1. The summed E-state index contributed by atoms with van der Waals surface area (Å²) in [6, 6.07) is 4.36. The molecular formula is C16H24N4O. The van der Waals surface area contributed by atoms with Crippen molar-refractivity contribution in [3.63, 3.8) is 0 Å². The third-order valence-corrected chi connectivity index (χ3v) is 3.29. The molecule has 21 heavy (non-hydrogen) atoms. The molecule has 0 aliphatic carbocycles. The Balaban J connectivity index is 2.02. The quantitative estimate of drug-likeness (QED) is 0.795. The first kappa shape index (κ1) is 15.5. The van der Waals surface area contributed by atoms with Crippen LogP contribution in [-0.2, 0) is 20.2 Å². The third-order valence-electron chi connectivity index (χ3n) is 3.29. The maximum atomic E-state index is 5.91. The molecule has 1 heterocycles. The summed E-state index contributed by atoms with van der Waals surface area (Å²) in [5.74, 6) is 0.944. The van der Waals surface area contributed by atoms with Crippen molar-refractivity contribution in [3.05, 3.63) is 40.7 Å². The number of nitrogens with one attached hydrogen (secondary N) is 1. The molecule has 0 aliphatic heterocycles. The van der Waals surface area contributed by atoms with Crippen molar-refractivity contribution in [2.24, 2.45) is 7.05 Å². The van der Waals surface area contributed by atoms with Gasteiger partial charge in [-0.25, -0.2) is 0 Å². The average Bonchev–Trinajstić information content (AvgIpc) is 2.84. The van der Waals surface area contributed by atoms with E-state index < -0.39 is 0 Å². The van der Waals surface area contributed by atoms with Crippen LogP contribution in [0, 0.1) is 13.8 Å². The standard InChI is InChI=1S/C16H24N4O/c1-5-6-17-9-14-7-12(2)16(13(3)8-14)21-11-15-10-20(4)19-18-15/h7-8,10,17H,5-6,9,11H2,1-4H3. The second kappa shape index (κ2) is 7.22. The van der Waals surface area contributed by atoms with Gasteiger partial charge in [0.2, 0.25) is 0 Å². The summed E-state index contributed by atoms with van der Waals surface area (Å²) in [5, 5.41) is 11.4. The van der Waals surface area contributed by atoms with Crippen molar-refractivity contribution in [3.8, 4) is 5.75 Å². The molecule has 0 amide bonds. The number of hydrogen-bond acceptors (Lipinski definition) is 4. The Morgan fingerprint density at radius 2 is 1.95 bits per heavy atom.